The zero-order valence-electron chi connectivity index (χ0n) is 12.7. The summed E-state index contributed by atoms with van der Waals surface area (Å²) < 4.78 is 23.3. The minimum absolute atomic E-state index is 0. The number of hydrogen-bond acceptors (Lipinski definition) is 4. The molecule has 124 valence electrons. The van der Waals surface area contributed by atoms with Gasteiger partial charge in [-0.15, -0.1) is 12.4 Å². The Morgan fingerprint density at radius 1 is 1.32 bits per heavy atom. The molecule has 0 spiro atoms. The Morgan fingerprint density at radius 2 is 1.95 bits per heavy atom. The fourth-order valence-electron chi connectivity index (χ4n) is 2.62. The van der Waals surface area contributed by atoms with Crippen molar-refractivity contribution in [3.8, 4) is 0 Å². The lowest BCUT2D eigenvalue weighted by Crippen LogP contribution is -2.45. The molecule has 1 unspecified atom stereocenters. The molecule has 1 atom stereocenters. The van der Waals surface area contributed by atoms with Crippen molar-refractivity contribution in [2.24, 2.45) is 10.9 Å². The third-order valence-electron chi connectivity index (χ3n) is 3.92. The molecule has 1 aromatic carbocycles. The average Bonchev–Trinajstić information content (AvgIpc) is 2.39. The van der Waals surface area contributed by atoms with Crippen LogP contribution in [0.1, 0.15) is 34.3 Å². The fraction of sp³-hybridized carbons (Fsp3) is 0.500. The van der Waals surface area contributed by atoms with Crippen molar-refractivity contribution >= 4 is 28.3 Å². The van der Waals surface area contributed by atoms with Crippen LogP contribution in [0.5, 0.6) is 0 Å². The first-order chi connectivity index (χ1) is 9.70. The van der Waals surface area contributed by atoms with Gasteiger partial charge in [-0.3, -0.25) is 4.79 Å². The number of primary sulfonamides is 1. The molecular weight excluding hydrogens is 326 g/mol. The number of nitrogens with two attached hydrogens (primary N) is 2. The van der Waals surface area contributed by atoms with Crippen LogP contribution in [0, 0.1) is 13.8 Å². The van der Waals surface area contributed by atoms with Gasteiger partial charge in [-0.05, 0) is 49.9 Å². The molecule has 2 rings (SSSR count). The van der Waals surface area contributed by atoms with Gasteiger partial charge >= 0.3 is 0 Å². The number of carbonyl (C=O) groups is 1. The van der Waals surface area contributed by atoms with Crippen LogP contribution in [0.2, 0.25) is 0 Å². The topological polar surface area (TPSA) is 106 Å². The number of amides is 1. The van der Waals surface area contributed by atoms with Gasteiger partial charge in [0.25, 0.3) is 5.91 Å². The summed E-state index contributed by atoms with van der Waals surface area (Å²) in [5, 5.41) is 5.22. The zero-order valence-corrected chi connectivity index (χ0v) is 14.3. The zero-order chi connectivity index (χ0) is 15.8. The Morgan fingerprint density at radius 3 is 2.50 bits per heavy atom. The second kappa shape index (κ2) is 6.95. The second-order valence-corrected chi connectivity index (χ2v) is 7.14. The molecule has 1 aromatic rings. The van der Waals surface area contributed by atoms with Gasteiger partial charge in [0, 0.05) is 24.7 Å². The predicted octanol–water partition coefficient (Wildman–Crippen LogP) is 0.936. The molecule has 1 saturated heterocycles. The molecule has 1 heterocycles. The predicted molar refractivity (Wildman–Crippen MR) is 87.7 cm³/mol. The van der Waals surface area contributed by atoms with Gasteiger partial charge in [-0.25, -0.2) is 13.6 Å². The van der Waals surface area contributed by atoms with Crippen molar-refractivity contribution < 1.29 is 13.2 Å². The van der Waals surface area contributed by atoms with E-state index in [2.05, 4.69) is 0 Å². The summed E-state index contributed by atoms with van der Waals surface area (Å²) in [6, 6.07) is 3.04. The second-order valence-electron chi connectivity index (χ2n) is 5.61. The number of piperidine rings is 1. The molecular formula is C14H22ClN3O3S. The maximum atomic E-state index is 12.5. The number of carbonyl (C=O) groups excluding carboxylic acids is 1. The Hall–Kier alpha value is -1.15. The monoisotopic (exact) mass is 347 g/mol. The van der Waals surface area contributed by atoms with Crippen LogP contribution >= 0.6 is 12.4 Å². The lowest BCUT2D eigenvalue weighted by atomic mass is 10.0. The fourth-order valence-corrected chi connectivity index (χ4v) is 3.50. The normalized spacial score (nSPS) is 18.7. The smallest absolute Gasteiger partial charge is 0.253 e. The van der Waals surface area contributed by atoms with Gasteiger partial charge in [-0.1, -0.05) is 0 Å². The standard InChI is InChI=1S/C14H21N3O3S.ClH/c1-9-6-11(7-13(10(9)2)21(16,19)20)14(18)17-5-3-4-12(15)8-17;/h6-7,12H,3-5,8,15H2,1-2H3,(H2,16,19,20);1H. The highest BCUT2D eigenvalue weighted by atomic mass is 35.5. The minimum atomic E-state index is -3.85. The van der Waals surface area contributed by atoms with Crippen LogP contribution in [0.15, 0.2) is 17.0 Å². The van der Waals surface area contributed by atoms with Crippen molar-refractivity contribution in [2.45, 2.75) is 37.6 Å². The number of aryl methyl sites for hydroxylation is 1. The molecule has 0 aromatic heterocycles. The van der Waals surface area contributed by atoms with Crippen LogP contribution in [-0.4, -0.2) is 38.4 Å². The maximum absolute atomic E-state index is 12.5. The Kier molecular flexibility index (Phi) is 5.97. The molecule has 1 aliphatic heterocycles. The Labute approximate surface area is 137 Å². The van der Waals surface area contributed by atoms with Gasteiger partial charge in [0.2, 0.25) is 10.0 Å². The molecule has 6 nitrogen and oxygen atoms in total. The van der Waals surface area contributed by atoms with Crippen molar-refractivity contribution in [1.29, 1.82) is 0 Å². The number of hydrogen-bond donors (Lipinski definition) is 2. The molecule has 1 aliphatic rings. The van der Waals surface area contributed by atoms with E-state index >= 15 is 0 Å². The molecule has 0 radical (unpaired) electrons. The maximum Gasteiger partial charge on any atom is 0.253 e. The van der Waals surface area contributed by atoms with Gasteiger partial charge in [0.05, 0.1) is 4.90 Å². The van der Waals surface area contributed by atoms with Crippen LogP contribution < -0.4 is 10.9 Å². The van der Waals surface area contributed by atoms with E-state index in [9.17, 15) is 13.2 Å². The van der Waals surface area contributed by atoms with Gasteiger partial charge in [0.15, 0.2) is 0 Å². The quantitative estimate of drug-likeness (QED) is 0.830. The van der Waals surface area contributed by atoms with Gasteiger partial charge < -0.3 is 10.6 Å². The average molecular weight is 348 g/mol. The largest absolute Gasteiger partial charge is 0.337 e. The number of nitrogens with zero attached hydrogens (tertiary/aromatic N) is 1. The summed E-state index contributed by atoms with van der Waals surface area (Å²) in [7, 11) is -3.85. The highest BCUT2D eigenvalue weighted by molar-refractivity contribution is 7.89. The van der Waals surface area contributed by atoms with Crippen molar-refractivity contribution in [3.05, 3.63) is 28.8 Å². The molecule has 8 heteroatoms. The molecule has 22 heavy (non-hydrogen) atoms. The first-order valence-corrected chi connectivity index (χ1v) is 8.43. The van der Waals surface area contributed by atoms with Crippen molar-refractivity contribution in [3.63, 3.8) is 0 Å². The SMILES string of the molecule is Cc1cc(C(=O)N2CCCC(N)C2)cc(S(N)(=O)=O)c1C.Cl. The summed E-state index contributed by atoms with van der Waals surface area (Å²) in [5.41, 5.74) is 7.53. The molecule has 4 N–H and O–H groups in total. The number of halogens is 1. The third-order valence-corrected chi connectivity index (χ3v) is 4.96. The number of rotatable bonds is 2. The Balaban J connectivity index is 0.00000242. The highest BCUT2D eigenvalue weighted by Gasteiger charge is 2.24. The molecule has 0 aliphatic carbocycles. The molecule has 0 bridgehead atoms. The first-order valence-electron chi connectivity index (χ1n) is 6.89. The minimum Gasteiger partial charge on any atom is -0.337 e. The first kappa shape index (κ1) is 18.9. The number of benzene rings is 1. The van der Waals surface area contributed by atoms with E-state index in [4.69, 9.17) is 10.9 Å². The summed E-state index contributed by atoms with van der Waals surface area (Å²) in [5.74, 6) is -0.196. The summed E-state index contributed by atoms with van der Waals surface area (Å²) in [4.78, 5) is 14.2. The highest BCUT2D eigenvalue weighted by Crippen LogP contribution is 2.22. The van der Waals surface area contributed by atoms with Crippen LogP contribution in [0.3, 0.4) is 0 Å². The third kappa shape index (κ3) is 3.98. The van der Waals surface area contributed by atoms with Gasteiger partial charge in [0.1, 0.15) is 0 Å². The van der Waals surface area contributed by atoms with Crippen LogP contribution in [0.4, 0.5) is 0 Å². The van der Waals surface area contributed by atoms with Crippen LogP contribution in [-0.2, 0) is 10.0 Å². The Bertz CT molecular complexity index is 676. The van der Waals surface area contributed by atoms with Crippen molar-refractivity contribution in [1.82, 2.24) is 4.90 Å². The summed E-state index contributed by atoms with van der Waals surface area (Å²) >= 11 is 0. The van der Waals surface area contributed by atoms with Crippen LogP contribution in [0.25, 0.3) is 0 Å². The number of likely N-dealkylation sites (tertiary alicyclic amines) is 1. The van der Waals surface area contributed by atoms with E-state index in [-0.39, 0.29) is 29.3 Å². The van der Waals surface area contributed by atoms with E-state index in [1.165, 1.54) is 6.07 Å². The summed E-state index contributed by atoms with van der Waals surface area (Å²) in [6.45, 7) is 4.59. The molecule has 0 saturated carbocycles. The molecule has 1 amide bonds. The van der Waals surface area contributed by atoms with Gasteiger partial charge in [-0.2, -0.15) is 0 Å². The number of sulfonamides is 1. The lowest BCUT2D eigenvalue weighted by Gasteiger charge is -2.31. The lowest BCUT2D eigenvalue weighted by molar-refractivity contribution is 0.0708. The van der Waals surface area contributed by atoms with E-state index in [1.807, 2.05) is 0 Å². The van der Waals surface area contributed by atoms with E-state index in [1.54, 1.807) is 24.8 Å². The summed E-state index contributed by atoms with van der Waals surface area (Å²) in [6.07, 6.45) is 1.76. The van der Waals surface area contributed by atoms with E-state index in [0.717, 1.165) is 18.4 Å². The van der Waals surface area contributed by atoms with E-state index < -0.39 is 10.0 Å². The van der Waals surface area contributed by atoms with E-state index in [0.29, 0.717) is 24.2 Å². The molecule has 1 fully saturated rings. The van der Waals surface area contributed by atoms with Crippen molar-refractivity contribution in [2.75, 3.05) is 13.1 Å².